The Morgan fingerprint density at radius 1 is 1.20 bits per heavy atom. The molecule has 1 aromatic carbocycles. The maximum Gasteiger partial charge on any atom is 0.0809 e. The number of ether oxygens (including phenoxy) is 2. The molecule has 1 atom stereocenters. The van der Waals surface area contributed by atoms with E-state index in [0.29, 0.717) is 12.1 Å². The van der Waals surface area contributed by atoms with Gasteiger partial charge in [0.05, 0.1) is 12.7 Å². The van der Waals surface area contributed by atoms with Gasteiger partial charge in [-0.2, -0.15) is 0 Å². The van der Waals surface area contributed by atoms with Gasteiger partial charge in [-0.1, -0.05) is 24.3 Å². The van der Waals surface area contributed by atoms with Crippen molar-refractivity contribution in [2.45, 2.75) is 44.2 Å². The van der Waals surface area contributed by atoms with Crippen molar-refractivity contribution in [3.05, 3.63) is 35.4 Å². The van der Waals surface area contributed by atoms with Crippen LogP contribution in [0.3, 0.4) is 0 Å². The Hall–Kier alpha value is -0.900. The second-order valence-electron chi connectivity index (χ2n) is 5.89. The first-order chi connectivity index (χ1) is 9.92. The van der Waals surface area contributed by atoms with Gasteiger partial charge in [0, 0.05) is 19.3 Å². The topological polar surface area (TPSA) is 30.5 Å². The highest BCUT2D eigenvalue weighted by molar-refractivity contribution is 5.33. The molecule has 0 bridgehead atoms. The third-order valence-electron chi connectivity index (χ3n) is 4.28. The van der Waals surface area contributed by atoms with E-state index in [-0.39, 0.29) is 0 Å². The first-order valence-corrected chi connectivity index (χ1v) is 7.91. The molecule has 3 rings (SSSR count). The molecular formula is C17H25NO2. The molecule has 2 aliphatic rings. The summed E-state index contributed by atoms with van der Waals surface area (Å²) in [4.78, 5) is 0. The van der Waals surface area contributed by atoms with Crippen molar-refractivity contribution in [1.82, 2.24) is 5.32 Å². The second kappa shape index (κ2) is 7.21. The summed E-state index contributed by atoms with van der Waals surface area (Å²) < 4.78 is 11.2. The second-order valence-corrected chi connectivity index (χ2v) is 5.89. The van der Waals surface area contributed by atoms with Gasteiger partial charge in [0.25, 0.3) is 0 Å². The molecule has 0 saturated carbocycles. The average molecular weight is 275 g/mol. The van der Waals surface area contributed by atoms with Crippen LogP contribution in [-0.2, 0) is 22.3 Å². The van der Waals surface area contributed by atoms with Crippen LogP contribution in [0.25, 0.3) is 0 Å². The van der Waals surface area contributed by atoms with Crippen LogP contribution in [0.4, 0.5) is 0 Å². The Balaban J connectivity index is 1.24. The normalized spacial score (nSPS) is 22.3. The Morgan fingerprint density at radius 2 is 2.00 bits per heavy atom. The summed E-state index contributed by atoms with van der Waals surface area (Å²) in [5.41, 5.74) is 3.03. The first kappa shape index (κ1) is 14.1. The maximum absolute atomic E-state index is 5.68. The highest BCUT2D eigenvalue weighted by atomic mass is 16.5. The number of hydrogen-bond acceptors (Lipinski definition) is 3. The zero-order valence-electron chi connectivity index (χ0n) is 12.1. The van der Waals surface area contributed by atoms with Gasteiger partial charge in [-0.25, -0.2) is 0 Å². The van der Waals surface area contributed by atoms with Gasteiger partial charge >= 0.3 is 0 Å². The van der Waals surface area contributed by atoms with Crippen molar-refractivity contribution in [3.63, 3.8) is 0 Å². The monoisotopic (exact) mass is 275 g/mol. The molecule has 110 valence electrons. The fraction of sp³-hybridized carbons (Fsp3) is 0.647. The van der Waals surface area contributed by atoms with Gasteiger partial charge in [0.1, 0.15) is 0 Å². The van der Waals surface area contributed by atoms with Crippen molar-refractivity contribution in [3.8, 4) is 0 Å². The molecular weight excluding hydrogens is 250 g/mol. The van der Waals surface area contributed by atoms with Gasteiger partial charge in [0.15, 0.2) is 0 Å². The van der Waals surface area contributed by atoms with E-state index >= 15 is 0 Å². The first-order valence-electron chi connectivity index (χ1n) is 7.91. The summed E-state index contributed by atoms with van der Waals surface area (Å²) in [5.74, 6) is 0. The molecule has 1 N–H and O–H groups in total. The van der Waals surface area contributed by atoms with Crippen molar-refractivity contribution in [2.75, 3.05) is 26.4 Å². The zero-order valence-corrected chi connectivity index (χ0v) is 12.1. The van der Waals surface area contributed by atoms with Crippen LogP contribution in [0, 0.1) is 0 Å². The van der Waals surface area contributed by atoms with Gasteiger partial charge in [-0.15, -0.1) is 0 Å². The lowest BCUT2D eigenvalue weighted by molar-refractivity contribution is 0.0165. The van der Waals surface area contributed by atoms with E-state index in [1.165, 1.54) is 36.8 Å². The molecule has 0 radical (unpaired) electrons. The van der Waals surface area contributed by atoms with Gasteiger partial charge in [-0.3, -0.25) is 0 Å². The van der Waals surface area contributed by atoms with Crippen molar-refractivity contribution >= 4 is 0 Å². The Labute approximate surface area is 121 Å². The van der Waals surface area contributed by atoms with E-state index in [1.807, 2.05) is 0 Å². The molecule has 1 heterocycles. The molecule has 1 aliphatic carbocycles. The van der Waals surface area contributed by atoms with Crippen LogP contribution >= 0.6 is 0 Å². The van der Waals surface area contributed by atoms with E-state index in [4.69, 9.17) is 9.47 Å². The van der Waals surface area contributed by atoms with Crippen LogP contribution in [0.15, 0.2) is 24.3 Å². The fourth-order valence-corrected chi connectivity index (χ4v) is 3.17. The highest BCUT2D eigenvalue weighted by Gasteiger charge is 2.19. The molecule has 3 heteroatoms. The molecule has 0 aromatic heterocycles. The van der Waals surface area contributed by atoms with Crippen molar-refractivity contribution < 1.29 is 9.47 Å². The summed E-state index contributed by atoms with van der Waals surface area (Å²) >= 11 is 0. The zero-order chi connectivity index (χ0) is 13.6. The summed E-state index contributed by atoms with van der Waals surface area (Å²) in [7, 11) is 0. The molecule has 1 aromatic rings. The summed E-state index contributed by atoms with van der Waals surface area (Å²) in [6, 6.07) is 9.40. The minimum absolute atomic E-state index is 0.354. The van der Waals surface area contributed by atoms with E-state index in [0.717, 1.165) is 32.8 Å². The van der Waals surface area contributed by atoms with Gasteiger partial charge < -0.3 is 14.8 Å². The van der Waals surface area contributed by atoms with E-state index in [9.17, 15) is 0 Å². The van der Waals surface area contributed by atoms with Crippen LogP contribution in [0.5, 0.6) is 0 Å². The molecule has 20 heavy (non-hydrogen) atoms. The predicted octanol–water partition coefficient (Wildman–Crippen LogP) is 2.33. The number of rotatable bonds is 7. The number of fused-ring (bicyclic) bond motifs is 1. The summed E-state index contributed by atoms with van der Waals surface area (Å²) in [6.45, 7) is 3.57. The van der Waals surface area contributed by atoms with Gasteiger partial charge in [0.2, 0.25) is 0 Å². The summed E-state index contributed by atoms with van der Waals surface area (Å²) in [6.07, 6.45) is 6.14. The lowest BCUT2D eigenvalue weighted by Crippen LogP contribution is -2.31. The molecule has 1 aliphatic heterocycles. The average Bonchev–Trinajstić information content (AvgIpc) is 3.11. The van der Waals surface area contributed by atoms with E-state index in [1.54, 1.807) is 0 Å². The Morgan fingerprint density at radius 3 is 2.70 bits per heavy atom. The molecule has 0 amide bonds. The largest absolute Gasteiger partial charge is 0.379 e. The number of nitrogens with one attached hydrogen (secondary N) is 1. The fourth-order valence-electron chi connectivity index (χ4n) is 3.17. The van der Waals surface area contributed by atoms with Crippen molar-refractivity contribution in [2.24, 2.45) is 0 Å². The molecule has 1 unspecified atom stereocenters. The van der Waals surface area contributed by atoms with E-state index < -0.39 is 0 Å². The predicted molar refractivity (Wildman–Crippen MR) is 80.1 cm³/mol. The number of hydrogen-bond donors (Lipinski definition) is 1. The van der Waals surface area contributed by atoms with Crippen LogP contribution in [0.1, 0.15) is 30.4 Å². The van der Waals surface area contributed by atoms with Crippen LogP contribution in [-0.4, -0.2) is 38.5 Å². The third kappa shape index (κ3) is 3.81. The lowest BCUT2D eigenvalue weighted by atomic mass is 10.1. The van der Waals surface area contributed by atoms with Gasteiger partial charge in [-0.05, 0) is 49.8 Å². The third-order valence-corrected chi connectivity index (χ3v) is 4.28. The molecule has 1 saturated heterocycles. The smallest absolute Gasteiger partial charge is 0.0809 e. The van der Waals surface area contributed by atoms with E-state index in [2.05, 4.69) is 29.6 Å². The Bertz CT molecular complexity index is 390. The summed E-state index contributed by atoms with van der Waals surface area (Å²) in [5, 5.41) is 3.65. The lowest BCUT2D eigenvalue weighted by Gasteiger charge is -2.13. The molecule has 0 spiro atoms. The minimum Gasteiger partial charge on any atom is -0.379 e. The molecule has 3 nitrogen and oxygen atoms in total. The molecule has 1 fully saturated rings. The quantitative estimate of drug-likeness (QED) is 0.775. The SMILES string of the molecule is c1ccc2c(c1)CC(NCCCOCC1CCCO1)C2. The number of benzene rings is 1. The standard InChI is InChI=1S/C17H25NO2/c1-2-6-15-12-16(11-14(15)5-1)18-8-4-9-19-13-17-7-3-10-20-17/h1-2,5-6,16-18H,3-4,7-13H2. The Kier molecular flexibility index (Phi) is 5.06. The minimum atomic E-state index is 0.354. The van der Waals surface area contributed by atoms with Crippen LogP contribution in [0.2, 0.25) is 0 Å². The maximum atomic E-state index is 5.68. The highest BCUT2D eigenvalue weighted by Crippen LogP contribution is 2.21. The van der Waals surface area contributed by atoms with Crippen molar-refractivity contribution in [1.29, 1.82) is 0 Å². The van der Waals surface area contributed by atoms with Crippen LogP contribution < -0.4 is 5.32 Å².